The lowest BCUT2D eigenvalue weighted by atomic mass is 10.0. The van der Waals surface area contributed by atoms with Crippen LogP contribution in [0, 0.1) is 17.8 Å². The van der Waals surface area contributed by atoms with Crippen molar-refractivity contribution in [3.63, 3.8) is 0 Å². The summed E-state index contributed by atoms with van der Waals surface area (Å²) >= 11 is 0. The molecule has 0 unspecified atom stereocenters. The highest BCUT2D eigenvalue weighted by molar-refractivity contribution is 5.71. The van der Waals surface area contributed by atoms with Crippen molar-refractivity contribution in [2.75, 3.05) is 13.2 Å². The quantitative estimate of drug-likeness (QED) is 0.0343. The molecule has 0 radical (unpaired) electrons. The zero-order chi connectivity index (χ0) is 48.4. The van der Waals surface area contributed by atoms with Crippen LogP contribution in [0.25, 0.3) is 0 Å². The van der Waals surface area contributed by atoms with E-state index in [9.17, 15) is 14.4 Å². The number of ether oxygens (including phenoxy) is 3. The predicted molar refractivity (Wildman–Crippen MR) is 284 cm³/mol. The van der Waals surface area contributed by atoms with E-state index in [1.54, 1.807) is 0 Å². The van der Waals surface area contributed by atoms with E-state index < -0.39 is 6.10 Å². The Morgan fingerprint density at radius 3 is 0.652 bits per heavy atom. The monoisotopic (exact) mass is 933 g/mol. The molecular weight excluding hydrogens is 817 g/mol. The summed E-state index contributed by atoms with van der Waals surface area (Å²) in [6.07, 6.45) is 53.9. The fraction of sp³-hybridized carbons (Fsp3) is 0.950. The highest BCUT2D eigenvalue weighted by Gasteiger charge is 2.19. The molecule has 0 aliphatic carbocycles. The maximum Gasteiger partial charge on any atom is 0.306 e. The summed E-state index contributed by atoms with van der Waals surface area (Å²) in [6, 6.07) is 0. The van der Waals surface area contributed by atoms with Crippen LogP contribution in [0.3, 0.4) is 0 Å². The molecular formula is C60H116O6. The van der Waals surface area contributed by atoms with Gasteiger partial charge in [0.25, 0.3) is 0 Å². The van der Waals surface area contributed by atoms with Gasteiger partial charge in [-0.25, -0.2) is 0 Å². The van der Waals surface area contributed by atoms with Gasteiger partial charge < -0.3 is 14.2 Å². The van der Waals surface area contributed by atoms with E-state index in [1.807, 2.05) is 0 Å². The Kier molecular flexibility index (Phi) is 50.0. The average molecular weight is 934 g/mol. The lowest BCUT2D eigenvalue weighted by molar-refractivity contribution is -0.167. The van der Waals surface area contributed by atoms with Gasteiger partial charge in [-0.3, -0.25) is 14.4 Å². The molecule has 66 heavy (non-hydrogen) atoms. The highest BCUT2D eigenvalue weighted by atomic mass is 16.6. The lowest BCUT2D eigenvalue weighted by Crippen LogP contribution is -2.30. The summed E-state index contributed by atoms with van der Waals surface area (Å²) in [7, 11) is 0. The lowest BCUT2D eigenvalue weighted by Gasteiger charge is -2.18. The van der Waals surface area contributed by atoms with E-state index in [1.165, 1.54) is 212 Å². The van der Waals surface area contributed by atoms with E-state index in [0.29, 0.717) is 19.3 Å². The van der Waals surface area contributed by atoms with Gasteiger partial charge >= 0.3 is 17.9 Å². The maximum absolute atomic E-state index is 12.9. The third kappa shape index (κ3) is 53.4. The van der Waals surface area contributed by atoms with Gasteiger partial charge in [-0.2, -0.15) is 0 Å². The molecule has 0 amide bonds. The van der Waals surface area contributed by atoms with Crippen molar-refractivity contribution in [1.29, 1.82) is 0 Å². The van der Waals surface area contributed by atoms with Crippen molar-refractivity contribution < 1.29 is 28.6 Å². The van der Waals surface area contributed by atoms with Crippen molar-refractivity contribution >= 4 is 17.9 Å². The first-order valence-electron chi connectivity index (χ1n) is 29.6. The van der Waals surface area contributed by atoms with Crippen LogP contribution in [0.15, 0.2) is 0 Å². The minimum absolute atomic E-state index is 0.0635. The fourth-order valence-corrected chi connectivity index (χ4v) is 9.18. The summed E-state index contributed by atoms with van der Waals surface area (Å²) in [5.41, 5.74) is 0. The summed E-state index contributed by atoms with van der Waals surface area (Å²) in [6.45, 7) is 13.8. The first-order valence-corrected chi connectivity index (χ1v) is 29.6. The molecule has 1 atom stereocenters. The molecule has 0 bridgehead atoms. The molecule has 0 saturated heterocycles. The van der Waals surface area contributed by atoms with Crippen LogP contribution in [-0.4, -0.2) is 37.2 Å². The second kappa shape index (κ2) is 51.3. The number of carbonyl (C=O) groups excluding carboxylic acids is 3. The van der Waals surface area contributed by atoms with E-state index in [2.05, 4.69) is 41.5 Å². The second-order valence-corrected chi connectivity index (χ2v) is 22.1. The summed E-state index contributed by atoms with van der Waals surface area (Å²) in [5, 5.41) is 0. The molecule has 0 heterocycles. The van der Waals surface area contributed by atoms with E-state index in [0.717, 1.165) is 75.5 Å². The van der Waals surface area contributed by atoms with Crippen molar-refractivity contribution in [3.05, 3.63) is 0 Å². The van der Waals surface area contributed by atoms with Crippen LogP contribution in [0.5, 0.6) is 0 Å². The summed E-state index contributed by atoms with van der Waals surface area (Å²) in [5.74, 6) is 1.66. The van der Waals surface area contributed by atoms with E-state index in [-0.39, 0.29) is 31.1 Å². The van der Waals surface area contributed by atoms with Gasteiger partial charge in [-0.1, -0.05) is 292 Å². The molecule has 0 aromatic carbocycles. The summed E-state index contributed by atoms with van der Waals surface area (Å²) < 4.78 is 16.9. The van der Waals surface area contributed by atoms with E-state index in [4.69, 9.17) is 14.2 Å². The SMILES string of the molecule is CC(C)CCCCCCCCCCCCCCCCCCC(=O)O[C@@H](COC(=O)CCCCCCCCCCCCCCCCC(C)C)COC(=O)CCCCCCCCCCCC(C)C. The van der Waals surface area contributed by atoms with Crippen molar-refractivity contribution in [1.82, 2.24) is 0 Å². The standard InChI is InChI=1S/C60H116O6/c1-54(2)46-40-34-28-22-17-13-9-7-8-10-16-20-26-33-39-45-51-60(63)66-57(53-65-59(62)50-44-38-32-27-21-24-30-36-42-48-56(5)6)52-64-58(61)49-43-37-31-25-19-15-12-11-14-18-23-29-35-41-47-55(3)4/h54-57H,7-53H2,1-6H3/t57-/m0/s1. The molecule has 0 aromatic heterocycles. The third-order valence-corrected chi connectivity index (χ3v) is 13.6. The number of hydrogen-bond acceptors (Lipinski definition) is 6. The largest absolute Gasteiger partial charge is 0.462 e. The first kappa shape index (κ1) is 64.4. The van der Waals surface area contributed by atoms with Gasteiger partial charge in [0.2, 0.25) is 0 Å². The van der Waals surface area contributed by atoms with Crippen LogP contribution < -0.4 is 0 Å². The van der Waals surface area contributed by atoms with Gasteiger partial charge in [-0.15, -0.1) is 0 Å². The predicted octanol–water partition coefficient (Wildman–Crippen LogP) is 19.5. The molecule has 0 rings (SSSR count). The van der Waals surface area contributed by atoms with Crippen LogP contribution >= 0.6 is 0 Å². The molecule has 0 spiro atoms. The molecule has 0 aromatic rings. The molecule has 0 aliphatic rings. The maximum atomic E-state index is 12.9. The van der Waals surface area contributed by atoms with Crippen LogP contribution in [-0.2, 0) is 28.6 Å². The molecule has 0 aliphatic heterocycles. The van der Waals surface area contributed by atoms with Crippen LogP contribution in [0.4, 0.5) is 0 Å². The number of esters is 3. The second-order valence-electron chi connectivity index (χ2n) is 22.1. The number of unbranched alkanes of at least 4 members (excludes halogenated alkanes) is 36. The Balaban J connectivity index is 4.27. The van der Waals surface area contributed by atoms with Gasteiger partial charge in [0.1, 0.15) is 13.2 Å². The van der Waals surface area contributed by atoms with Crippen molar-refractivity contribution in [2.45, 2.75) is 337 Å². The Hall–Kier alpha value is -1.59. The number of hydrogen-bond donors (Lipinski definition) is 0. The highest BCUT2D eigenvalue weighted by Crippen LogP contribution is 2.19. The van der Waals surface area contributed by atoms with E-state index >= 15 is 0 Å². The zero-order valence-corrected chi connectivity index (χ0v) is 45.5. The third-order valence-electron chi connectivity index (χ3n) is 13.6. The Morgan fingerprint density at radius 2 is 0.439 bits per heavy atom. The fourth-order valence-electron chi connectivity index (χ4n) is 9.18. The average Bonchev–Trinajstić information content (AvgIpc) is 3.28. The van der Waals surface area contributed by atoms with Crippen LogP contribution in [0.2, 0.25) is 0 Å². The molecule has 0 fully saturated rings. The molecule has 0 saturated carbocycles. The van der Waals surface area contributed by atoms with Gasteiger partial charge in [0, 0.05) is 19.3 Å². The van der Waals surface area contributed by atoms with Crippen LogP contribution in [0.1, 0.15) is 330 Å². The molecule has 392 valence electrons. The Labute approximate surface area is 412 Å². The molecule has 6 heteroatoms. The number of rotatable bonds is 53. The topological polar surface area (TPSA) is 78.9 Å². The van der Waals surface area contributed by atoms with Gasteiger partial charge in [0.05, 0.1) is 0 Å². The first-order chi connectivity index (χ1) is 32.1. The minimum Gasteiger partial charge on any atom is -0.462 e. The van der Waals surface area contributed by atoms with Gasteiger partial charge in [0.15, 0.2) is 6.10 Å². The zero-order valence-electron chi connectivity index (χ0n) is 45.5. The molecule has 6 nitrogen and oxygen atoms in total. The summed E-state index contributed by atoms with van der Waals surface area (Å²) in [4.78, 5) is 38.2. The Morgan fingerprint density at radius 1 is 0.258 bits per heavy atom. The van der Waals surface area contributed by atoms with Gasteiger partial charge in [-0.05, 0) is 37.0 Å². The minimum atomic E-state index is -0.764. The normalized spacial score (nSPS) is 12.1. The van der Waals surface area contributed by atoms with Crippen molar-refractivity contribution in [3.8, 4) is 0 Å². The smallest absolute Gasteiger partial charge is 0.306 e. The van der Waals surface area contributed by atoms with Crippen molar-refractivity contribution in [2.24, 2.45) is 17.8 Å². The molecule has 0 N–H and O–H groups in total. The Bertz CT molecular complexity index is 1020. The number of carbonyl (C=O) groups is 3.